The molecule has 0 amide bonds. The Kier molecular flexibility index (Phi) is 4.92. The number of ether oxygens (including phenoxy) is 1. The quantitative estimate of drug-likeness (QED) is 0.416. The van der Waals surface area contributed by atoms with E-state index in [0.717, 1.165) is 0 Å². The van der Waals surface area contributed by atoms with Crippen molar-refractivity contribution in [3.63, 3.8) is 0 Å². The molecule has 2 unspecified atom stereocenters. The molecule has 0 aliphatic carbocycles. The summed E-state index contributed by atoms with van der Waals surface area (Å²) in [7, 11) is 1.52. The van der Waals surface area contributed by atoms with E-state index in [1.54, 1.807) is 0 Å². The highest BCUT2D eigenvalue weighted by atomic mass is 16.5. The van der Waals surface area contributed by atoms with Crippen LogP contribution in [-0.2, 0) is 0 Å². The Balaban J connectivity index is 2.90. The summed E-state index contributed by atoms with van der Waals surface area (Å²) in [6.07, 6.45) is 1.39. The topological polar surface area (TPSA) is 105 Å². The Morgan fingerprint density at radius 1 is 1.41 bits per heavy atom. The van der Waals surface area contributed by atoms with Crippen LogP contribution in [0.25, 0.3) is 0 Å². The van der Waals surface area contributed by atoms with E-state index >= 15 is 0 Å². The molecule has 1 heterocycles. The van der Waals surface area contributed by atoms with E-state index in [9.17, 15) is 0 Å². The van der Waals surface area contributed by atoms with Gasteiger partial charge in [-0.1, -0.05) is 6.92 Å². The highest BCUT2D eigenvalue weighted by Crippen LogP contribution is 2.29. The first-order valence-corrected chi connectivity index (χ1v) is 5.37. The van der Waals surface area contributed by atoms with Crippen molar-refractivity contribution < 1.29 is 9.84 Å². The van der Waals surface area contributed by atoms with Gasteiger partial charge in [0.15, 0.2) is 11.6 Å². The van der Waals surface area contributed by atoms with Gasteiger partial charge in [-0.05, 0) is 12.8 Å². The van der Waals surface area contributed by atoms with E-state index in [2.05, 4.69) is 20.7 Å². The third kappa shape index (κ3) is 3.18. The average molecular weight is 241 g/mol. The van der Waals surface area contributed by atoms with Crippen LogP contribution >= 0.6 is 0 Å². The number of rotatable bonds is 6. The van der Waals surface area contributed by atoms with E-state index in [0.29, 0.717) is 17.4 Å². The minimum absolute atomic E-state index is 0.0504. The fourth-order valence-electron chi connectivity index (χ4n) is 1.29. The van der Waals surface area contributed by atoms with E-state index < -0.39 is 0 Å². The van der Waals surface area contributed by atoms with Gasteiger partial charge in [-0.25, -0.2) is 15.8 Å². The number of aliphatic hydroxyl groups excluding tert-OH is 1. The summed E-state index contributed by atoms with van der Waals surface area (Å²) in [6, 6.07) is 0.0504. The number of nitrogen functional groups attached to an aromatic ring is 1. The zero-order valence-electron chi connectivity index (χ0n) is 10.3. The second-order valence-electron chi connectivity index (χ2n) is 3.84. The molecule has 17 heavy (non-hydrogen) atoms. The molecule has 7 nitrogen and oxygen atoms in total. The van der Waals surface area contributed by atoms with Gasteiger partial charge in [-0.2, -0.15) is 0 Å². The lowest BCUT2D eigenvalue weighted by Crippen LogP contribution is -2.27. The van der Waals surface area contributed by atoms with Crippen LogP contribution in [0.5, 0.6) is 5.75 Å². The fraction of sp³-hybridized carbons (Fsp3) is 0.600. The van der Waals surface area contributed by atoms with Crippen molar-refractivity contribution in [2.24, 2.45) is 11.8 Å². The van der Waals surface area contributed by atoms with E-state index in [4.69, 9.17) is 15.7 Å². The molecule has 1 rings (SSSR count). The van der Waals surface area contributed by atoms with Crippen molar-refractivity contribution in [1.29, 1.82) is 0 Å². The molecule has 0 aromatic carbocycles. The number of aromatic nitrogens is 2. The third-order valence-electron chi connectivity index (χ3n) is 2.65. The SMILES string of the molecule is COc1c(NN)ncnc1NC(C)C(C)CO. The predicted molar refractivity (Wildman–Crippen MR) is 65.7 cm³/mol. The molecular weight excluding hydrogens is 222 g/mol. The molecule has 7 heteroatoms. The first-order chi connectivity index (χ1) is 8.13. The van der Waals surface area contributed by atoms with Crippen molar-refractivity contribution >= 4 is 11.6 Å². The Bertz CT molecular complexity index is 361. The highest BCUT2D eigenvalue weighted by Gasteiger charge is 2.16. The first kappa shape index (κ1) is 13.5. The van der Waals surface area contributed by atoms with Crippen molar-refractivity contribution in [3.05, 3.63) is 6.33 Å². The number of nitrogens with two attached hydrogens (primary N) is 1. The molecule has 0 aliphatic heterocycles. The number of hydrazine groups is 1. The summed E-state index contributed by atoms with van der Waals surface area (Å²) in [5.41, 5.74) is 2.44. The number of nitrogens with zero attached hydrogens (tertiary/aromatic N) is 2. The number of methoxy groups -OCH3 is 1. The third-order valence-corrected chi connectivity index (χ3v) is 2.65. The molecule has 96 valence electrons. The molecule has 0 saturated carbocycles. The summed E-state index contributed by atoms with van der Waals surface area (Å²) in [5.74, 6) is 6.83. The van der Waals surface area contributed by atoms with Gasteiger partial charge >= 0.3 is 0 Å². The Morgan fingerprint density at radius 3 is 2.59 bits per heavy atom. The monoisotopic (exact) mass is 241 g/mol. The number of aliphatic hydroxyl groups is 1. The Hall–Kier alpha value is -1.60. The Morgan fingerprint density at radius 2 is 2.06 bits per heavy atom. The normalized spacial score (nSPS) is 13.9. The summed E-state index contributed by atoms with van der Waals surface area (Å²) in [6.45, 7) is 4.00. The molecule has 0 aliphatic rings. The Labute approximate surface area is 100 Å². The van der Waals surface area contributed by atoms with Crippen LogP contribution < -0.4 is 21.3 Å². The average Bonchev–Trinajstić information content (AvgIpc) is 2.37. The maximum atomic E-state index is 9.07. The molecule has 0 fully saturated rings. The predicted octanol–water partition coefficient (Wildman–Crippen LogP) is 0.200. The fourth-order valence-corrected chi connectivity index (χ4v) is 1.29. The van der Waals surface area contributed by atoms with Crippen LogP contribution in [0.4, 0.5) is 11.6 Å². The number of hydrogen-bond donors (Lipinski definition) is 4. The van der Waals surface area contributed by atoms with Crippen LogP contribution in [0.2, 0.25) is 0 Å². The zero-order chi connectivity index (χ0) is 12.8. The number of anilines is 2. The minimum atomic E-state index is 0.0504. The van der Waals surface area contributed by atoms with Crippen molar-refractivity contribution in [2.45, 2.75) is 19.9 Å². The van der Waals surface area contributed by atoms with Crippen LogP contribution in [0.15, 0.2) is 6.33 Å². The lowest BCUT2D eigenvalue weighted by atomic mass is 10.1. The van der Waals surface area contributed by atoms with Crippen LogP contribution in [0, 0.1) is 5.92 Å². The largest absolute Gasteiger partial charge is 0.490 e. The van der Waals surface area contributed by atoms with Crippen molar-refractivity contribution in [3.8, 4) is 5.75 Å². The molecule has 2 atom stereocenters. The van der Waals surface area contributed by atoms with Crippen molar-refractivity contribution in [2.75, 3.05) is 24.5 Å². The van der Waals surface area contributed by atoms with Crippen LogP contribution in [-0.4, -0.2) is 34.8 Å². The maximum absolute atomic E-state index is 9.07. The molecule has 0 saturated heterocycles. The van der Waals surface area contributed by atoms with Gasteiger partial charge in [-0.3, -0.25) is 0 Å². The lowest BCUT2D eigenvalue weighted by molar-refractivity contribution is 0.226. The van der Waals surface area contributed by atoms with Gasteiger partial charge in [-0.15, -0.1) is 0 Å². The van der Waals surface area contributed by atoms with E-state index in [1.165, 1.54) is 13.4 Å². The van der Waals surface area contributed by atoms with Gasteiger partial charge in [0, 0.05) is 12.6 Å². The second-order valence-corrected chi connectivity index (χ2v) is 3.84. The maximum Gasteiger partial charge on any atom is 0.205 e. The summed E-state index contributed by atoms with van der Waals surface area (Å²) in [4.78, 5) is 8.03. The highest BCUT2D eigenvalue weighted by molar-refractivity contribution is 5.63. The summed E-state index contributed by atoms with van der Waals surface area (Å²) < 4.78 is 5.19. The van der Waals surface area contributed by atoms with Crippen LogP contribution in [0.3, 0.4) is 0 Å². The first-order valence-electron chi connectivity index (χ1n) is 5.37. The van der Waals surface area contributed by atoms with Gasteiger partial charge in [0.2, 0.25) is 5.75 Å². The smallest absolute Gasteiger partial charge is 0.205 e. The van der Waals surface area contributed by atoms with Crippen molar-refractivity contribution in [1.82, 2.24) is 9.97 Å². The van der Waals surface area contributed by atoms with Gasteiger partial charge in [0.25, 0.3) is 0 Å². The molecule has 1 aromatic rings. The lowest BCUT2D eigenvalue weighted by Gasteiger charge is -2.21. The second kappa shape index (κ2) is 6.21. The molecule has 0 spiro atoms. The molecule has 0 radical (unpaired) electrons. The van der Waals surface area contributed by atoms with Gasteiger partial charge in [0.05, 0.1) is 7.11 Å². The number of nitrogens with one attached hydrogen (secondary N) is 2. The summed E-state index contributed by atoms with van der Waals surface area (Å²) in [5, 5.41) is 12.2. The molecule has 5 N–H and O–H groups in total. The molecule has 1 aromatic heterocycles. The van der Waals surface area contributed by atoms with Gasteiger partial charge in [0.1, 0.15) is 6.33 Å². The summed E-state index contributed by atoms with van der Waals surface area (Å²) >= 11 is 0. The zero-order valence-corrected chi connectivity index (χ0v) is 10.3. The standard InChI is InChI=1S/C10H19N5O2/c1-6(4-16)7(2)14-9-8(17-3)10(15-11)13-5-12-9/h5-7,16H,4,11H2,1-3H3,(H2,12,13,14,15). The molecular formula is C10H19N5O2. The molecule has 0 bridgehead atoms. The van der Waals surface area contributed by atoms with E-state index in [1.807, 2.05) is 13.8 Å². The number of hydrogen-bond acceptors (Lipinski definition) is 7. The van der Waals surface area contributed by atoms with Gasteiger partial charge < -0.3 is 20.6 Å². The van der Waals surface area contributed by atoms with Crippen LogP contribution in [0.1, 0.15) is 13.8 Å². The minimum Gasteiger partial charge on any atom is -0.490 e. The van der Waals surface area contributed by atoms with E-state index in [-0.39, 0.29) is 18.6 Å².